The van der Waals surface area contributed by atoms with E-state index in [1.807, 2.05) is 18.2 Å². The lowest BCUT2D eigenvalue weighted by Gasteiger charge is -2.34. The van der Waals surface area contributed by atoms with E-state index >= 15 is 0 Å². The molecule has 0 radical (unpaired) electrons. The SMILES string of the molecule is CN1CCN(c2ccc(N)cc2OCCO)CC1. The zero-order valence-corrected chi connectivity index (χ0v) is 10.8. The zero-order valence-electron chi connectivity index (χ0n) is 10.8. The summed E-state index contributed by atoms with van der Waals surface area (Å²) in [5.41, 5.74) is 7.52. The average Bonchev–Trinajstić information content (AvgIpc) is 2.38. The molecule has 1 aromatic carbocycles. The molecule has 100 valence electrons. The Morgan fingerprint density at radius 2 is 2.00 bits per heavy atom. The number of nitrogens with two attached hydrogens (primary N) is 1. The third kappa shape index (κ3) is 3.05. The molecule has 1 saturated heterocycles. The lowest BCUT2D eigenvalue weighted by atomic mass is 10.2. The minimum atomic E-state index is 0.0109. The molecule has 0 saturated carbocycles. The molecule has 3 N–H and O–H groups in total. The molecule has 0 unspecified atom stereocenters. The van der Waals surface area contributed by atoms with Crippen molar-refractivity contribution in [1.29, 1.82) is 0 Å². The Bertz CT molecular complexity index is 390. The molecule has 1 aliphatic heterocycles. The van der Waals surface area contributed by atoms with Crippen molar-refractivity contribution in [3.05, 3.63) is 18.2 Å². The Balaban J connectivity index is 2.15. The minimum absolute atomic E-state index is 0.0109. The molecule has 1 aliphatic rings. The number of benzene rings is 1. The van der Waals surface area contributed by atoms with Gasteiger partial charge in [0.15, 0.2) is 0 Å². The van der Waals surface area contributed by atoms with Crippen molar-refractivity contribution in [2.45, 2.75) is 0 Å². The number of likely N-dealkylation sites (N-methyl/N-ethyl adjacent to an activating group) is 1. The molecule has 5 heteroatoms. The molecule has 0 amide bonds. The van der Waals surface area contributed by atoms with Gasteiger partial charge < -0.3 is 25.4 Å². The highest BCUT2D eigenvalue weighted by Gasteiger charge is 2.17. The number of nitrogen functional groups attached to an aromatic ring is 1. The maximum Gasteiger partial charge on any atom is 0.144 e. The number of hydrogen-bond acceptors (Lipinski definition) is 5. The maximum atomic E-state index is 8.86. The van der Waals surface area contributed by atoms with Gasteiger partial charge in [-0.2, -0.15) is 0 Å². The highest BCUT2D eigenvalue weighted by atomic mass is 16.5. The van der Waals surface area contributed by atoms with E-state index in [0.29, 0.717) is 12.3 Å². The van der Waals surface area contributed by atoms with E-state index in [-0.39, 0.29) is 6.61 Å². The van der Waals surface area contributed by atoms with Crippen LogP contribution in [0, 0.1) is 0 Å². The normalized spacial score (nSPS) is 16.9. The quantitative estimate of drug-likeness (QED) is 0.758. The van der Waals surface area contributed by atoms with Gasteiger partial charge in [0.25, 0.3) is 0 Å². The molecule has 5 nitrogen and oxygen atoms in total. The fourth-order valence-corrected chi connectivity index (χ4v) is 2.11. The van der Waals surface area contributed by atoms with Gasteiger partial charge in [-0.25, -0.2) is 0 Å². The second-order valence-corrected chi connectivity index (χ2v) is 4.59. The number of piperazine rings is 1. The van der Waals surface area contributed by atoms with Gasteiger partial charge in [-0.15, -0.1) is 0 Å². The van der Waals surface area contributed by atoms with Gasteiger partial charge in [0.05, 0.1) is 12.3 Å². The first-order valence-corrected chi connectivity index (χ1v) is 6.27. The Morgan fingerprint density at radius 3 is 2.67 bits per heavy atom. The van der Waals surface area contributed by atoms with E-state index in [1.54, 1.807) is 0 Å². The van der Waals surface area contributed by atoms with Crippen molar-refractivity contribution in [3.63, 3.8) is 0 Å². The van der Waals surface area contributed by atoms with Crippen molar-refractivity contribution in [1.82, 2.24) is 4.90 Å². The van der Waals surface area contributed by atoms with Crippen LogP contribution in [0.25, 0.3) is 0 Å². The van der Waals surface area contributed by atoms with Crippen molar-refractivity contribution in [2.24, 2.45) is 0 Å². The van der Waals surface area contributed by atoms with Crippen LogP contribution in [0.2, 0.25) is 0 Å². The summed E-state index contributed by atoms with van der Waals surface area (Å²) in [6, 6.07) is 5.70. The molecule has 1 heterocycles. The summed E-state index contributed by atoms with van der Waals surface area (Å²) >= 11 is 0. The first-order valence-electron chi connectivity index (χ1n) is 6.27. The summed E-state index contributed by atoms with van der Waals surface area (Å²) < 4.78 is 5.56. The van der Waals surface area contributed by atoms with Crippen molar-refractivity contribution in [2.75, 3.05) is 57.1 Å². The smallest absolute Gasteiger partial charge is 0.144 e. The molecule has 1 fully saturated rings. The maximum absolute atomic E-state index is 8.86. The van der Waals surface area contributed by atoms with Crippen molar-refractivity contribution in [3.8, 4) is 5.75 Å². The lowest BCUT2D eigenvalue weighted by Crippen LogP contribution is -2.44. The van der Waals surface area contributed by atoms with Crippen LogP contribution in [0.5, 0.6) is 5.75 Å². The van der Waals surface area contributed by atoms with Crippen LogP contribution in [0.3, 0.4) is 0 Å². The largest absolute Gasteiger partial charge is 0.489 e. The summed E-state index contributed by atoms with van der Waals surface area (Å²) in [4.78, 5) is 4.61. The molecule has 1 aromatic rings. The summed E-state index contributed by atoms with van der Waals surface area (Å²) in [6.45, 7) is 4.36. The monoisotopic (exact) mass is 251 g/mol. The number of nitrogens with zero attached hydrogens (tertiary/aromatic N) is 2. The Morgan fingerprint density at radius 1 is 1.28 bits per heavy atom. The van der Waals surface area contributed by atoms with Crippen LogP contribution < -0.4 is 15.4 Å². The first-order chi connectivity index (χ1) is 8.70. The molecule has 0 spiro atoms. The van der Waals surface area contributed by atoms with Gasteiger partial charge >= 0.3 is 0 Å². The lowest BCUT2D eigenvalue weighted by molar-refractivity contribution is 0.201. The van der Waals surface area contributed by atoms with Crippen LogP contribution in [0.15, 0.2) is 18.2 Å². The second-order valence-electron chi connectivity index (χ2n) is 4.59. The van der Waals surface area contributed by atoms with Crippen LogP contribution in [0.4, 0.5) is 11.4 Å². The van der Waals surface area contributed by atoms with Crippen LogP contribution in [-0.4, -0.2) is 56.4 Å². The van der Waals surface area contributed by atoms with E-state index in [4.69, 9.17) is 15.6 Å². The summed E-state index contributed by atoms with van der Waals surface area (Å²) in [5.74, 6) is 0.758. The molecule has 0 aromatic heterocycles. The molecule has 0 bridgehead atoms. The third-order valence-corrected chi connectivity index (χ3v) is 3.18. The minimum Gasteiger partial charge on any atom is -0.489 e. The molecule has 0 aliphatic carbocycles. The predicted octanol–water partition coefficient (Wildman–Crippen LogP) is 0.392. The van der Waals surface area contributed by atoms with Gasteiger partial charge in [0, 0.05) is 37.9 Å². The Hall–Kier alpha value is -1.46. The van der Waals surface area contributed by atoms with E-state index in [9.17, 15) is 0 Å². The van der Waals surface area contributed by atoms with E-state index < -0.39 is 0 Å². The summed E-state index contributed by atoms with van der Waals surface area (Å²) in [5, 5.41) is 8.86. The van der Waals surface area contributed by atoms with Gasteiger partial charge in [0.2, 0.25) is 0 Å². The Kier molecular flexibility index (Phi) is 4.28. The van der Waals surface area contributed by atoms with Crippen LogP contribution in [-0.2, 0) is 0 Å². The number of aliphatic hydroxyl groups is 1. The van der Waals surface area contributed by atoms with E-state index in [1.165, 1.54) is 0 Å². The number of rotatable bonds is 4. The fourth-order valence-electron chi connectivity index (χ4n) is 2.11. The Labute approximate surface area is 108 Å². The number of anilines is 2. The van der Waals surface area contributed by atoms with Crippen molar-refractivity contribution < 1.29 is 9.84 Å². The number of ether oxygens (including phenoxy) is 1. The van der Waals surface area contributed by atoms with Gasteiger partial charge in [-0.1, -0.05) is 0 Å². The van der Waals surface area contributed by atoms with Gasteiger partial charge in [-0.3, -0.25) is 0 Å². The second kappa shape index (κ2) is 5.93. The predicted molar refractivity (Wildman–Crippen MR) is 73.1 cm³/mol. The third-order valence-electron chi connectivity index (χ3n) is 3.18. The first kappa shape index (κ1) is 13.0. The highest BCUT2D eigenvalue weighted by molar-refractivity contribution is 5.64. The molecule has 2 rings (SSSR count). The van der Waals surface area contributed by atoms with Crippen LogP contribution >= 0.6 is 0 Å². The van der Waals surface area contributed by atoms with E-state index in [2.05, 4.69) is 16.8 Å². The molecule has 0 atom stereocenters. The van der Waals surface area contributed by atoms with Gasteiger partial charge in [0.1, 0.15) is 12.4 Å². The topological polar surface area (TPSA) is 62.0 Å². The van der Waals surface area contributed by atoms with Crippen LogP contribution in [0.1, 0.15) is 0 Å². The number of aliphatic hydroxyl groups excluding tert-OH is 1. The molecular formula is C13H21N3O2. The molecule has 18 heavy (non-hydrogen) atoms. The van der Waals surface area contributed by atoms with E-state index in [0.717, 1.165) is 37.6 Å². The summed E-state index contributed by atoms with van der Waals surface area (Å²) in [6.07, 6.45) is 0. The molecular weight excluding hydrogens is 230 g/mol. The van der Waals surface area contributed by atoms with Gasteiger partial charge in [-0.05, 0) is 19.2 Å². The summed E-state index contributed by atoms with van der Waals surface area (Å²) in [7, 11) is 2.13. The fraction of sp³-hybridized carbons (Fsp3) is 0.538. The number of hydrogen-bond donors (Lipinski definition) is 2. The standard InChI is InChI=1S/C13H21N3O2/c1-15-4-6-16(7-5-15)12-3-2-11(14)10-13(12)18-9-8-17/h2-3,10,17H,4-9,14H2,1H3. The van der Waals surface area contributed by atoms with Crippen molar-refractivity contribution >= 4 is 11.4 Å². The zero-order chi connectivity index (χ0) is 13.0. The average molecular weight is 251 g/mol. The highest BCUT2D eigenvalue weighted by Crippen LogP contribution is 2.31.